The third kappa shape index (κ3) is 4.29. The molecule has 0 heterocycles. The first-order chi connectivity index (χ1) is 8.72. The molecule has 98 valence electrons. The van der Waals surface area contributed by atoms with Crippen molar-refractivity contribution in [2.24, 2.45) is 0 Å². The van der Waals surface area contributed by atoms with Crippen molar-refractivity contribution in [3.63, 3.8) is 0 Å². The lowest BCUT2D eigenvalue weighted by molar-refractivity contribution is 0.285. The quantitative estimate of drug-likeness (QED) is 0.559. The van der Waals surface area contributed by atoms with Crippen molar-refractivity contribution in [2.45, 2.75) is 25.1 Å². The summed E-state index contributed by atoms with van der Waals surface area (Å²) in [6.45, 7) is 0.531. The van der Waals surface area contributed by atoms with Gasteiger partial charge < -0.3 is 9.47 Å². The Morgan fingerprint density at radius 2 is 2.11 bits per heavy atom. The van der Waals surface area contributed by atoms with Gasteiger partial charge in [-0.1, -0.05) is 11.6 Å². The van der Waals surface area contributed by atoms with Gasteiger partial charge in [0.25, 0.3) is 0 Å². The molecule has 18 heavy (non-hydrogen) atoms. The summed E-state index contributed by atoms with van der Waals surface area (Å²) in [5.41, 5.74) is 0.807. The van der Waals surface area contributed by atoms with Crippen LogP contribution in [0.1, 0.15) is 24.8 Å². The van der Waals surface area contributed by atoms with Crippen molar-refractivity contribution in [3.8, 4) is 17.6 Å². The number of rotatable bonds is 7. The summed E-state index contributed by atoms with van der Waals surface area (Å²) < 4.78 is 10.9. The number of benzene rings is 1. The number of nitriles is 1. The number of halogens is 2. The summed E-state index contributed by atoms with van der Waals surface area (Å²) in [6.07, 6.45) is 2.19. The average molecular weight is 288 g/mol. The summed E-state index contributed by atoms with van der Waals surface area (Å²) in [5, 5.41) is 9.00. The number of methoxy groups -OCH3 is 1. The maximum absolute atomic E-state index is 8.43. The Morgan fingerprint density at radius 1 is 1.33 bits per heavy atom. The first-order valence-electron chi connectivity index (χ1n) is 5.65. The highest BCUT2D eigenvalue weighted by molar-refractivity contribution is 6.31. The van der Waals surface area contributed by atoms with Gasteiger partial charge in [-0.3, -0.25) is 0 Å². The standard InChI is InChI=1S/C13H15Cl2NO2/c1-17-12-8-11(15)7-10(9-14)13(12)18-6-4-2-3-5-16/h7-8H,2-4,6,9H2,1H3. The highest BCUT2D eigenvalue weighted by atomic mass is 35.5. The summed E-state index contributed by atoms with van der Waals surface area (Å²) >= 11 is 11.8. The lowest BCUT2D eigenvalue weighted by atomic mass is 10.2. The molecule has 0 atom stereocenters. The predicted octanol–water partition coefficient (Wildman–Crippen LogP) is 4.16. The highest BCUT2D eigenvalue weighted by Crippen LogP contribution is 2.35. The number of ether oxygens (including phenoxy) is 2. The molecule has 0 unspecified atom stereocenters. The van der Waals surface area contributed by atoms with Crippen LogP contribution in [0.15, 0.2) is 12.1 Å². The van der Waals surface area contributed by atoms with Gasteiger partial charge in [-0.25, -0.2) is 0 Å². The molecule has 0 bridgehead atoms. The molecule has 0 N–H and O–H groups in total. The van der Waals surface area contributed by atoms with Gasteiger partial charge in [0.15, 0.2) is 11.5 Å². The van der Waals surface area contributed by atoms with Crippen LogP contribution in [0.5, 0.6) is 11.5 Å². The zero-order valence-corrected chi connectivity index (χ0v) is 11.7. The fourth-order valence-electron chi connectivity index (χ4n) is 1.52. The van der Waals surface area contributed by atoms with E-state index >= 15 is 0 Å². The summed E-state index contributed by atoms with van der Waals surface area (Å²) in [4.78, 5) is 0. The molecule has 0 spiro atoms. The van der Waals surface area contributed by atoms with Gasteiger partial charge in [-0.15, -0.1) is 11.6 Å². The van der Waals surface area contributed by atoms with Gasteiger partial charge in [-0.05, 0) is 18.9 Å². The van der Waals surface area contributed by atoms with Crippen molar-refractivity contribution in [1.29, 1.82) is 5.26 Å². The molecule has 1 aromatic carbocycles. The van der Waals surface area contributed by atoms with Crippen molar-refractivity contribution in [1.82, 2.24) is 0 Å². The van der Waals surface area contributed by atoms with Crippen molar-refractivity contribution >= 4 is 23.2 Å². The summed E-state index contributed by atoms with van der Waals surface area (Å²) in [7, 11) is 1.56. The Morgan fingerprint density at radius 3 is 2.72 bits per heavy atom. The smallest absolute Gasteiger partial charge is 0.165 e. The second-order valence-electron chi connectivity index (χ2n) is 3.69. The number of unbranched alkanes of at least 4 members (excludes halogenated alkanes) is 2. The van der Waals surface area contributed by atoms with Gasteiger partial charge in [0.2, 0.25) is 0 Å². The molecule has 0 radical (unpaired) electrons. The highest BCUT2D eigenvalue weighted by Gasteiger charge is 2.12. The van der Waals surface area contributed by atoms with Crippen LogP contribution in [-0.2, 0) is 5.88 Å². The monoisotopic (exact) mass is 287 g/mol. The van der Waals surface area contributed by atoms with Crippen LogP contribution >= 0.6 is 23.2 Å². The molecule has 0 aliphatic rings. The van der Waals surface area contributed by atoms with Crippen LogP contribution in [0.3, 0.4) is 0 Å². The van der Waals surface area contributed by atoms with Crippen LogP contribution in [0, 0.1) is 11.3 Å². The van der Waals surface area contributed by atoms with E-state index in [-0.39, 0.29) is 0 Å². The van der Waals surface area contributed by atoms with E-state index in [0.29, 0.717) is 35.4 Å². The first-order valence-corrected chi connectivity index (χ1v) is 6.56. The fourth-order valence-corrected chi connectivity index (χ4v) is 1.95. The van der Waals surface area contributed by atoms with Gasteiger partial charge >= 0.3 is 0 Å². The molecular formula is C13H15Cl2NO2. The molecular weight excluding hydrogens is 273 g/mol. The van der Waals surface area contributed by atoms with Gasteiger partial charge in [0.1, 0.15) is 0 Å². The Bertz CT molecular complexity index is 404. The van der Waals surface area contributed by atoms with Gasteiger partial charge in [0, 0.05) is 23.1 Å². The van der Waals surface area contributed by atoms with E-state index in [1.807, 2.05) is 0 Å². The Hall–Kier alpha value is -1.11. The average Bonchev–Trinajstić information content (AvgIpc) is 2.39. The van der Waals surface area contributed by atoms with Crippen LogP contribution in [-0.4, -0.2) is 13.7 Å². The summed E-state index contributed by atoms with van der Waals surface area (Å²) in [6, 6.07) is 5.56. The minimum atomic E-state index is 0.310. The molecule has 3 nitrogen and oxygen atoms in total. The SMILES string of the molecule is COc1cc(Cl)cc(CCl)c1OCCCCC#N. The lowest BCUT2D eigenvalue weighted by Gasteiger charge is -2.14. The molecule has 0 fully saturated rings. The largest absolute Gasteiger partial charge is 0.493 e. The van der Waals surface area contributed by atoms with Crippen LogP contribution in [0.25, 0.3) is 0 Å². The second kappa shape index (κ2) is 8.07. The van der Waals surface area contributed by atoms with Crippen LogP contribution < -0.4 is 9.47 Å². The number of nitrogens with zero attached hydrogens (tertiary/aromatic N) is 1. The topological polar surface area (TPSA) is 42.2 Å². The fraction of sp³-hybridized carbons (Fsp3) is 0.462. The second-order valence-corrected chi connectivity index (χ2v) is 4.40. The van der Waals surface area contributed by atoms with E-state index in [1.165, 1.54) is 0 Å². The molecule has 0 aliphatic carbocycles. The number of hydrogen-bond acceptors (Lipinski definition) is 3. The van der Waals surface area contributed by atoms with E-state index < -0.39 is 0 Å². The normalized spacial score (nSPS) is 9.89. The van der Waals surface area contributed by atoms with Crippen LogP contribution in [0.4, 0.5) is 0 Å². The molecule has 1 rings (SSSR count). The minimum absolute atomic E-state index is 0.310. The van der Waals surface area contributed by atoms with E-state index in [1.54, 1.807) is 19.2 Å². The number of hydrogen-bond donors (Lipinski definition) is 0. The molecule has 0 saturated carbocycles. The van der Waals surface area contributed by atoms with Crippen LogP contribution in [0.2, 0.25) is 5.02 Å². The van der Waals surface area contributed by atoms with E-state index in [0.717, 1.165) is 18.4 Å². The molecule has 1 aromatic rings. The van der Waals surface area contributed by atoms with E-state index in [9.17, 15) is 0 Å². The molecule has 0 aromatic heterocycles. The van der Waals surface area contributed by atoms with Crippen molar-refractivity contribution < 1.29 is 9.47 Å². The Balaban J connectivity index is 2.70. The van der Waals surface area contributed by atoms with E-state index in [2.05, 4.69) is 6.07 Å². The molecule has 0 saturated heterocycles. The van der Waals surface area contributed by atoms with Gasteiger partial charge in [-0.2, -0.15) is 5.26 Å². The maximum atomic E-state index is 8.43. The lowest BCUT2D eigenvalue weighted by Crippen LogP contribution is -2.02. The zero-order valence-electron chi connectivity index (χ0n) is 10.2. The van der Waals surface area contributed by atoms with Crippen molar-refractivity contribution in [2.75, 3.05) is 13.7 Å². The zero-order chi connectivity index (χ0) is 13.4. The molecule has 0 amide bonds. The third-order valence-electron chi connectivity index (χ3n) is 2.39. The molecule has 0 aliphatic heterocycles. The first kappa shape index (κ1) is 14.9. The Labute approximate surface area is 117 Å². The summed E-state index contributed by atoms with van der Waals surface area (Å²) in [5.74, 6) is 1.53. The molecule has 5 heteroatoms. The predicted molar refractivity (Wildman–Crippen MR) is 72.5 cm³/mol. The van der Waals surface area contributed by atoms with E-state index in [4.69, 9.17) is 37.9 Å². The maximum Gasteiger partial charge on any atom is 0.165 e. The third-order valence-corrected chi connectivity index (χ3v) is 2.90. The Kier molecular flexibility index (Phi) is 6.70. The van der Waals surface area contributed by atoms with Crippen molar-refractivity contribution in [3.05, 3.63) is 22.7 Å². The van der Waals surface area contributed by atoms with Gasteiger partial charge in [0.05, 0.1) is 25.7 Å². The minimum Gasteiger partial charge on any atom is -0.493 e. The number of alkyl halides is 1.